The van der Waals surface area contributed by atoms with E-state index >= 15 is 0 Å². The number of likely N-dealkylation sites (tertiary alicyclic amines) is 2. The zero-order valence-electron chi connectivity index (χ0n) is 96.4. The molecule has 32 heteroatoms. The molecule has 0 aromatic rings. The topological polar surface area (TPSA) is 448 Å². The lowest BCUT2D eigenvalue weighted by atomic mass is 9.82. The molecule has 3 saturated heterocycles. The van der Waals surface area contributed by atoms with Crippen molar-refractivity contribution in [1.82, 2.24) is 35.1 Å². The number of aliphatic hydroxyl groups is 2. The number of rotatable bonds is 31. The summed E-state index contributed by atoms with van der Waals surface area (Å²) in [7, 11) is 0. The molecule has 0 bridgehead atoms. The second kappa shape index (κ2) is 59.2. The minimum absolute atomic E-state index is 0.00778. The summed E-state index contributed by atoms with van der Waals surface area (Å²) in [6.45, 7) is 65.6. The summed E-state index contributed by atoms with van der Waals surface area (Å²) in [5.41, 5.74) is 2.84. The number of carbonyl (C=O) groups excluding carboxylic acids is 8. The van der Waals surface area contributed by atoms with Crippen LogP contribution in [-0.4, -0.2) is 263 Å². The molecule has 0 unspecified atom stereocenters. The van der Waals surface area contributed by atoms with Gasteiger partial charge in [0.15, 0.2) is 0 Å². The van der Waals surface area contributed by atoms with E-state index < -0.39 is 107 Å². The smallest absolute Gasteiger partial charge is 0.480 e. The molecular formula is C114H206N8O24. The lowest BCUT2D eigenvalue weighted by Crippen LogP contribution is -2.58. The number of piperidine rings is 3. The first-order valence-corrected chi connectivity index (χ1v) is 56.0. The number of amides is 5. The van der Waals surface area contributed by atoms with Crippen LogP contribution in [0.15, 0.2) is 0 Å². The predicted octanol–water partition coefficient (Wildman–Crippen LogP) is 21.7. The van der Waals surface area contributed by atoms with E-state index in [1.165, 1.54) is 37.0 Å². The van der Waals surface area contributed by atoms with Gasteiger partial charge in [0.05, 0.1) is 19.3 Å². The maximum absolute atomic E-state index is 14.1. The second-order valence-corrected chi connectivity index (χ2v) is 52.4. The first kappa shape index (κ1) is 131. The number of hydrogen-bond donors (Lipinski definition) is 9. The Morgan fingerprint density at radius 2 is 0.719 bits per heavy atom. The van der Waals surface area contributed by atoms with Gasteiger partial charge in [-0.05, 0) is 312 Å². The predicted molar refractivity (Wildman–Crippen MR) is 570 cm³/mol. The molecule has 0 aromatic heterocycles. The standard InChI is InChI=1S/C26H44N2O5.C26H46N2O4.C18H33NO4.C13H25NO2.C10H18O5.C8H15NO2.C8H15NO.C5H10O/c1-16(2)13-14-27(24(32)33-25(3,4)5)20(17-11-9-8-10-12-17)22(29)28-15-18-19(26(18,6)7)21(28)23(30)31;1-17(2)13-14-27(24(31)32-25(3,4)5)22(18-11-9-8-10-12-18)23(30)28-15-19-21(20(28)16-29)26(19,6)7;1-13(2)11-12-19(17(22)23-18(3,4)5)15(16(20)21)14-9-7-6-8-10-14;1-10(2)8-9-14-12(13(15)16)11-6-4-3-5-7-11;1-9(2,3)14-7(11)13-8(12)15-10(4,5)6;9-7(8(10)11)6-4-2-1-3-5-6;1-8(2)5-3-9-6(4-10)7(5)8;1-5(2)3-4-6/h16-21H,8-15H2,1-7H3,(H,30,31);17-22,29H,8-16H2,1-7H3;13-15H,6-12H2,1-5H3,(H,20,21);10-12,14H,3-9H2,1-2H3,(H,15,16);1-6H3;6-7H,1-5,9H2,(H,10,11);5-7,9-10H,3-4H2,1-2H3;4-5H,3H2,1-2H3/t18-,19-,20-,21-;19-,20+,21-,22-;15-;12-;;7-;5-,6+,7-;/m0000.00./s1. The van der Waals surface area contributed by atoms with Crippen LogP contribution < -0.4 is 16.4 Å². The first-order valence-electron chi connectivity index (χ1n) is 56.0. The third-order valence-electron chi connectivity index (χ3n) is 31.1. The third kappa shape index (κ3) is 43.5. The van der Waals surface area contributed by atoms with Gasteiger partial charge in [0.25, 0.3) is 0 Å². The molecule has 5 amide bonds. The Kier molecular flexibility index (Phi) is 53.1. The van der Waals surface area contributed by atoms with Gasteiger partial charge in [0, 0.05) is 51.1 Å². The SMILES string of the molecule is CC(C)(C)OC(=O)OC(=O)OC(C)(C)C.CC(C)CC=O.CC(C)CCN(C(=O)OC(C)(C)C)[C@H](C(=O)N1C[C@H]2[C@@H]([C@H]1C(=O)O)C2(C)C)C1CCCCC1.CC(C)CCN(C(=O)OC(C)(C)C)[C@H](C(=O)N1C[C@H]2[C@@H]([C@H]1CO)C2(C)C)C1CCCCC1.CC(C)CCN(C(=O)OC(C)(C)C)[C@H](C(=O)O)C1CCCCC1.CC(C)CCN[C@H](C(=O)O)C1CCCCC1.CC1(C)[C@@H]2[C@@H](CO)NC[C@@H]21.N[C@H](C(=O)O)C1CCCCC1. The van der Waals surface area contributed by atoms with Crippen molar-refractivity contribution in [2.75, 3.05) is 59.0 Å². The average Bonchev–Trinajstić information content (AvgIpc) is 1.52. The zero-order chi connectivity index (χ0) is 111. The van der Waals surface area contributed by atoms with Crippen molar-refractivity contribution < 1.29 is 117 Å². The number of carboxylic acids is 4. The van der Waals surface area contributed by atoms with Crippen LogP contribution in [0.3, 0.4) is 0 Å². The van der Waals surface area contributed by atoms with Crippen LogP contribution >= 0.6 is 0 Å². The summed E-state index contributed by atoms with van der Waals surface area (Å²) < 4.78 is 30.8. The van der Waals surface area contributed by atoms with Gasteiger partial charge >= 0.3 is 54.5 Å². The number of aliphatic hydroxyl groups excluding tert-OH is 2. The Morgan fingerprint density at radius 3 is 1.01 bits per heavy atom. The molecule has 146 heavy (non-hydrogen) atoms. The number of nitrogens with two attached hydrogens (primary N) is 1. The number of carboxylic acid groups (broad SMARTS) is 4. The summed E-state index contributed by atoms with van der Waals surface area (Å²) in [4.78, 5) is 153. The molecule has 14 atom stereocenters. The lowest BCUT2D eigenvalue weighted by Gasteiger charge is -2.42. The monoisotopic (exact) mass is 2070 g/mol. The van der Waals surface area contributed by atoms with Crippen molar-refractivity contribution in [1.29, 1.82) is 0 Å². The number of carbonyl (C=O) groups is 12. The van der Waals surface area contributed by atoms with Crippen LogP contribution in [0.25, 0.3) is 0 Å². The second-order valence-electron chi connectivity index (χ2n) is 52.4. The summed E-state index contributed by atoms with van der Waals surface area (Å²) in [5.74, 6) is 2.17. The van der Waals surface area contributed by atoms with Crippen LogP contribution in [0.1, 0.15) is 407 Å². The molecule has 8 aliphatic carbocycles. The van der Waals surface area contributed by atoms with E-state index in [9.17, 15) is 78.0 Å². The molecule has 846 valence electrons. The number of nitrogens with zero attached hydrogens (tertiary/aromatic N) is 5. The van der Waals surface area contributed by atoms with Crippen molar-refractivity contribution in [3.05, 3.63) is 0 Å². The van der Waals surface area contributed by atoms with Gasteiger partial charge in [0.1, 0.15) is 70.5 Å². The number of ether oxygens (including phenoxy) is 6. The Balaban J connectivity index is 0.000000364. The van der Waals surface area contributed by atoms with E-state index in [0.717, 1.165) is 185 Å². The fraction of sp³-hybridized carbons (Fsp3) is 0.895. The quantitative estimate of drug-likeness (QED) is 0.0135. The van der Waals surface area contributed by atoms with Crippen LogP contribution in [0.4, 0.5) is 24.0 Å². The first-order chi connectivity index (χ1) is 67.5. The molecule has 0 aromatic carbocycles. The number of aldehydes is 1. The maximum atomic E-state index is 14.1. The Bertz CT molecular complexity index is 3970. The highest BCUT2D eigenvalue weighted by atomic mass is 16.8. The van der Waals surface area contributed by atoms with E-state index in [1.807, 2.05) is 81.1 Å². The van der Waals surface area contributed by atoms with Gasteiger partial charge in [-0.2, -0.15) is 0 Å². The summed E-state index contributed by atoms with van der Waals surface area (Å²) in [6.07, 6.45) is 28.2. The molecule has 0 spiro atoms. The molecule has 32 nitrogen and oxygen atoms in total. The fourth-order valence-electron chi connectivity index (χ4n) is 22.9. The Morgan fingerprint density at radius 1 is 0.397 bits per heavy atom. The van der Waals surface area contributed by atoms with E-state index in [1.54, 1.807) is 56.2 Å². The minimum atomic E-state index is -1.06. The van der Waals surface area contributed by atoms with Crippen molar-refractivity contribution in [2.24, 2.45) is 117 Å². The zero-order valence-corrected chi connectivity index (χ0v) is 96.4. The number of hydrogen-bond acceptors (Lipinski definition) is 23. The van der Waals surface area contributed by atoms with Crippen LogP contribution in [-0.2, 0) is 62.0 Å². The van der Waals surface area contributed by atoms with Crippen molar-refractivity contribution in [3.8, 4) is 0 Å². The molecule has 10 N–H and O–H groups in total. The third-order valence-corrected chi connectivity index (χ3v) is 31.1. The average molecular weight is 2070 g/mol. The van der Waals surface area contributed by atoms with Crippen molar-refractivity contribution in [3.63, 3.8) is 0 Å². The normalized spacial score (nSPS) is 24.2. The highest BCUT2D eigenvalue weighted by Crippen LogP contribution is 2.66. The molecule has 8 saturated carbocycles. The molecule has 3 aliphatic heterocycles. The molecule has 11 fully saturated rings. The van der Waals surface area contributed by atoms with Gasteiger partial charge in [-0.1, -0.05) is 207 Å². The van der Waals surface area contributed by atoms with Crippen LogP contribution in [0.5, 0.6) is 0 Å². The highest BCUT2D eigenvalue weighted by Gasteiger charge is 2.71. The Hall–Kier alpha value is -7.16. The van der Waals surface area contributed by atoms with E-state index in [0.29, 0.717) is 105 Å². The van der Waals surface area contributed by atoms with Crippen molar-refractivity contribution >= 4 is 72.6 Å². The van der Waals surface area contributed by atoms with Gasteiger partial charge < -0.3 is 90.0 Å². The van der Waals surface area contributed by atoms with E-state index in [-0.39, 0.29) is 82.9 Å². The molecular weight excluding hydrogens is 1870 g/mol. The Labute approximate surface area is 879 Å². The molecule has 3 heterocycles. The summed E-state index contributed by atoms with van der Waals surface area (Å²) in [6, 6.07) is -3.45. The molecule has 11 rings (SSSR count). The number of fused-ring (bicyclic) bond motifs is 3. The number of aliphatic carboxylic acids is 4. The largest absolute Gasteiger partial charge is 0.519 e. The summed E-state index contributed by atoms with van der Waals surface area (Å²) in [5, 5.41) is 63.3. The van der Waals surface area contributed by atoms with E-state index in [4.69, 9.17) is 39.6 Å². The van der Waals surface area contributed by atoms with Crippen LogP contribution in [0, 0.1) is 111 Å². The lowest BCUT2D eigenvalue weighted by molar-refractivity contribution is -0.153. The fourth-order valence-corrected chi connectivity index (χ4v) is 22.9. The van der Waals surface area contributed by atoms with Gasteiger partial charge in [-0.15, -0.1) is 0 Å². The van der Waals surface area contributed by atoms with Gasteiger partial charge in [-0.25, -0.2) is 33.6 Å². The van der Waals surface area contributed by atoms with Gasteiger partial charge in [-0.3, -0.25) is 33.9 Å². The molecule has 0 radical (unpaired) electrons. The number of nitrogens with one attached hydrogen (secondary N) is 2. The summed E-state index contributed by atoms with van der Waals surface area (Å²) >= 11 is 0. The van der Waals surface area contributed by atoms with Gasteiger partial charge in [0.2, 0.25) is 11.8 Å². The maximum Gasteiger partial charge on any atom is 0.519 e. The van der Waals surface area contributed by atoms with Crippen molar-refractivity contribution in [2.45, 2.75) is 484 Å². The van der Waals surface area contributed by atoms with Crippen LogP contribution in [0.2, 0.25) is 0 Å². The van der Waals surface area contributed by atoms with E-state index in [2.05, 4.69) is 112 Å². The highest BCUT2D eigenvalue weighted by molar-refractivity contribution is 5.91. The minimum Gasteiger partial charge on any atom is -0.480 e. The molecule has 11 aliphatic rings.